The van der Waals surface area contributed by atoms with Crippen molar-refractivity contribution in [3.05, 3.63) is 424 Å². The van der Waals surface area contributed by atoms with Gasteiger partial charge in [-0.2, -0.15) is 0 Å². The Hall–Kier alpha value is -14.2. The molecule has 2 heterocycles. The highest BCUT2D eigenvalue weighted by Crippen LogP contribution is 2.49. The van der Waals surface area contributed by atoms with Crippen LogP contribution < -0.4 is 0 Å². The number of nitrogens with zero attached hydrogens (tertiary/aromatic N) is 2. The van der Waals surface area contributed by atoms with Gasteiger partial charge in [0.2, 0.25) is 0 Å². The molecule has 0 aliphatic carbocycles. The van der Waals surface area contributed by atoms with E-state index >= 15 is 0 Å². The average Bonchev–Trinajstić information content (AvgIpc) is 1.03. The van der Waals surface area contributed by atoms with Crippen LogP contribution in [0, 0.1) is 0 Å². The van der Waals surface area contributed by atoms with Crippen LogP contribution in [0.25, 0.3) is 198 Å². The third-order valence-corrected chi connectivity index (χ3v) is 23.0. The predicted octanol–water partition coefficient (Wildman–Crippen LogP) is 30.5. The smallest absolute Gasteiger partial charge is 0.0541 e. The van der Waals surface area contributed by atoms with Gasteiger partial charge in [-0.3, -0.25) is 0 Å². The van der Waals surface area contributed by atoms with Gasteiger partial charge < -0.3 is 9.13 Å². The molecule has 2 heteroatoms. The van der Waals surface area contributed by atoms with Crippen LogP contribution in [0.2, 0.25) is 0 Å². The lowest BCUT2D eigenvalue weighted by Gasteiger charge is -2.23. The second-order valence-corrected chi connectivity index (χ2v) is 30.5. The Kier molecular flexibility index (Phi) is 16.9. The lowest BCUT2D eigenvalue weighted by atomic mass is 9.81. The standard InChI is InChI=1S/C56H37N.C54H41N/c1-3-15-38(16-4-1)39-27-29-41(30-28-39)55-48-22-9-11-24-50(48)56(51-25-12-10-23-49(51)55)42-31-34-44(35-32-42)57-53-26-14-13-21-47(53)52-37-43(33-36-54(52)57)46-20-8-7-19-45(46)40-17-5-2-6-18-40;1-54(2,3)40-29-32-47-49(35-40)53(37-18-8-5-9-19-37)46-24-13-12-23-45(46)52(47)38-26-30-41(31-27-38)55-50-25-15-14-22-44(50)48-34-39(28-33-51(48)55)43-21-11-10-20-42(43)36-16-6-4-7-17-36/h1-37H;4-35H,1-3H3. The highest BCUT2D eigenvalue weighted by atomic mass is 15.0. The Morgan fingerprint density at radius 1 is 0.161 bits per heavy atom. The zero-order chi connectivity index (χ0) is 74.8. The quantitative estimate of drug-likeness (QED) is 0.114. The summed E-state index contributed by atoms with van der Waals surface area (Å²) in [6, 6.07) is 153. The van der Waals surface area contributed by atoms with Crippen molar-refractivity contribution >= 4 is 86.7 Å². The van der Waals surface area contributed by atoms with Crippen LogP contribution in [-0.2, 0) is 5.41 Å². The number of hydrogen-bond acceptors (Lipinski definition) is 0. The zero-order valence-electron chi connectivity index (χ0n) is 62.7. The van der Waals surface area contributed by atoms with Gasteiger partial charge in [0.25, 0.3) is 0 Å². The second-order valence-electron chi connectivity index (χ2n) is 30.5. The number of rotatable bonds is 11. The van der Waals surface area contributed by atoms with Crippen LogP contribution in [-0.4, -0.2) is 9.13 Å². The van der Waals surface area contributed by atoms with Gasteiger partial charge in [-0.1, -0.05) is 373 Å². The number of benzene rings is 19. The van der Waals surface area contributed by atoms with Gasteiger partial charge in [0.1, 0.15) is 0 Å². The minimum atomic E-state index is 0.0317. The van der Waals surface area contributed by atoms with Crippen molar-refractivity contribution in [3.8, 4) is 112 Å². The Morgan fingerprint density at radius 2 is 0.411 bits per heavy atom. The number of para-hydroxylation sites is 2. The second kappa shape index (κ2) is 28.1. The highest BCUT2D eigenvalue weighted by Gasteiger charge is 2.24. The maximum absolute atomic E-state index is 2.44. The normalized spacial score (nSPS) is 11.7. The van der Waals surface area contributed by atoms with E-state index in [0.717, 1.165) is 11.4 Å². The largest absolute Gasteiger partial charge is 0.309 e. The fourth-order valence-electron chi connectivity index (χ4n) is 17.7. The van der Waals surface area contributed by atoms with Crippen molar-refractivity contribution in [2.45, 2.75) is 26.2 Å². The van der Waals surface area contributed by atoms with E-state index in [-0.39, 0.29) is 5.41 Å². The molecule has 0 bridgehead atoms. The van der Waals surface area contributed by atoms with Crippen molar-refractivity contribution in [2.75, 3.05) is 0 Å². The number of fused-ring (bicyclic) bond motifs is 10. The molecule has 0 atom stereocenters. The summed E-state index contributed by atoms with van der Waals surface area (Å²) in [5.74, 6) is 0. The fraction of sp³-hybridized carbons (Fsp3) is 0.0364. The summed E-state index contributed by atoms with van der Waals surface area (Å²) < 4.78 is 4.84. The van der Waals surface area contributed by atoms with Gasteiger partial charge in [-0.25, -0.2) is 0 Å². The van der Waals surface area contributed by atoms with E-state index < -0.39 is 0 Å². The van der Waals surface area contributed by atoms with Gasteiger partial charge in [0.05, 0.1) is 22.1 Å². The van der Waals surface area contributed by atoms with Gasteiger partial charge >= 0.3 is 0 Å². The van der Waals surface area contributed by atoms with Crippen LogP contribution in [0.3, 0.4) is 0 Å². The van der Waals surface area contributed by atoms with Crippen molar-refractivity contribution in [2.24, 2.45) is 0 Å². The molecular weight excluding hydrogens is 1350 g/mol. The minimum Gasteiger partial charge on any atom is -0.309 e. The molecule has 0 fully saturated rings. The van der Waals surface area contributed by atoms with Gasteiger partial charge in [-0.05, 0) is 221 Å². The molecule has 2 nitrogen and oxygen atoms in total. The molecule has 0 saturated carbocycles. The first-order chi connectivity index (χ1) is 55.2. The number of aromatic nitrogens is 2. The lowest BCUT2D eigenvalue weighted by molar-refractivity contribution is 0.591. The van der Waals surface area contributed by atoms with Crippen molar-refractivity contribution in [1.82, 2.24) is 9.13 Å². The SMILES string of the molecule is CC(C)(C)c1ccc2c(-c3ccc(-n4c5ccccc5c5cc(-c6ccccc6-c6ccccc6)ccc54)cc3)c3ccccc3c(-c3ccccc3)c2c1.c1ccc(-c2ccc(-c3c4ccccc4c(-c4ccc(-n5c6ccccc6c6cc(-c7ccccc7-c7ccccc7)ccc65)cc4)c4ccccc34)cc2)cc1. The molecule has 0 aliphatic heterocycles. The van der Waals surface area contributed by atoms with Crippen molar-refractivity contribution in [1.29, 1.82) is 0 Å². The molecule has 21 aromatic rings. The third-order valence-electron chi connectivity index (χ3n) is 23.0. The average molecular weight is 1430 g/mol. The van der Waals surface area contributed by atoms with E-state index in [4.69, 9.17) is 0 Å². The Labute approximate surface area is 653 Å². The molecule has 0 aliphatic rings. The zero-order valence-corrected chi connectivity index (χ0v) is 62.7. The summed E-state index contributed by atoms with van der Waals surface area (Å²) in [7, 11) is 0. The van der Waals surface area contributed by atoms with Gasteiger partial charge in [-0.15, -0.1) is 0 Å². The summed E-state index contributed by atoms with van der Waals surface area (Å²) in [6.45, 7) is 6.91. The first-order valence-corrected chi connectivity index (χ1v) is 39.0. The van der Waals surface area contributed by atoms with Crippen molar-refractivity contribution < 1.29 is 0 Å². The molecular formula is C110H78N2. The molecule has 0 unspecified atom stereocenters. The van der Waals surface area contributed by atoms with E-state index in [1.807, 2.05) is 0 Å². The summed E-state index contributed by atoms with van der Waals surface area (Å²) in [5, 5.41) is 15.2. The molecule has 0 N–H and O–H groups in total. The van der Waals surface area contributed by atoms with E-state index in [2.05, 4.69) is 448 Å². The van der Waals surface area contributed by atoms with Crippen molar-refractivity contribution in [3.63, 3.8) is 0 Å². The maximum atomic E-state index is 2.44. The van der Waals surface area contributed by atoms with Crippen LogP contribution in [0.4, 0.5) is 0 Å². The monoisotopic (exact) mass is 1430 g/mol. The summed E-state index contributed by atoms with van der Waals surface area (Å²) in [6.07, 6.45) is 0. The minimum absolute atomic E-state index is 0.0317. The maximum Gasteiger partial charge on any atom is 0.0541 e. The molecule has 0 radical (unpaired) electrons. The summed E-state index contributed by atoms with van der Waals surface area (Å²) in [5.41, 5.74) is 30.8. The van der Waals surface area contributed by atoms with E-state index in [9.17, 15) is 0 Å². The first kappa shape index (κ1) is 67.2. The van der Waals surface area contributed by atoms with Gasteiger partial charge in [0, 0.05) is 32.9 Å². The molecule has 21 rings (SSSR count). The molecule has 528 valence electrons. The molecule has 19 aromatic carbocycles. The Morgan fingerprint density at radius 3 is 0.786 bits per heavy atom. The fourth-order valence-corrected chi connectivity index (χ4v) is 17.7. The van der Waals surface area contributed by atoms with E-state index in [1.165, 1.54) is 192 Å². The third kappa shape index (κ3) is 11.8. The van der Waals surface area contributed by atoms with E-state index in [0.29, 0.717) is 0 Å². The molecule has 112 heavy (non-hydrogen) atoms. The van der Waals surface area contributed by atoms with Gasteiger partial charge in [0.15, 0.2) is 0 Å². The lowest BCUT2D eigenvalue weighted by Crippen LogP contribution is -2.10. The van der Waals surface area contributed by atoms with E-state index in [1.54, 1.807) is 0 Å². The molecule has 2 aromatic heterocycles. The molecule has 0 spiro atoms. The van der Waals surface area contributed by atoms with Crippen LogP contribution in [0.1, 0.15) is 26.3 Å². The molecule has 0 amide bonds. The summed E-state index contributed by atoms with van der Waals surface area (Å²) >= 11 is 0. The summed E-state index contributed by atoms with van der Waals surface area (Å²) in [4.78, 5) is 0. The molecule has 0 saturated heterocycles. The topological polar surface area (TPSA) is 9.86 Å². The van der Waals surface area contributed by atoms with Crippen LogP contribution >= 0.6 is 0 Å². The highest BCUT2D eigenvalue weighted by molar-refractivity contribution is 6.23. The Balaban J connectivity index is 0.000000146. The predicted molar refractivity (Wildman–Crippen MR) is 479 cm³/mol. The first-order valence-electron chi connectivity index (χ1n) is 39.0. The Bertz CT molecular complexity index is 7090. The van der Waals surface area contributed by atoms with Crippen LogP contribution in [0.5, 0.6) is 0 Å². The number of hydrogen-bond donors (Lipinski definition) is 0. The van der Waals surface area contributed by atoms with Crippen LogP contribution in [0.15, 0.2) is 419 Å².